The van der Waals surface area contributed by atoms with Crippen molar-refractivity contribution in [2.24, 2.45) is 4.99 Å². The molecule has 0 atom stereocenters. The summed E-state index contributed by atoms with van der Waals surface area (Å²) in [6.07, 6.45) is 1.93. The number of nitrogens with zero attached hydrogens (tertiary/aromatic N) is 2. The van der Waals surface area contributed by atoms with Crippen molar-refractivity contribution in [3.8, 4) is 6.19 Å². The molecule has 4 aromatic rings. The molecule has 4 nitrogen and oxygen atoms in total. The van der Waals surface area contributed by atoms with E-state index >= 15 is 0 Å². The van der Waals surface area contributed by atoms with E-state index in [0.717, 1.165) is 10.7 Å². The predicted molar refractivity (Wildman–Crippen MR) is 127 cm³/mol. The molecule has 156 valence electrons. The molecule has 1 N–H and O–H groups in total. The van der Waals surface area contributed by atoms with Gasteiger partial charge in [0.1, 0.15) is 0 Å². The van der Waals surface area contributed by atoms with Gasteiger partial charge in [0.15, 0.2) is 0 Å². The monoisotopic (exact) mass is 529 g/mol. The molecule has 4 rings (SSSR count). The Labute approximate surface area is 191 Å². The minimum absolute atomic E-state index is 0.0893. The van der Waals surface area contributed by atoms with Crippen LogP contribution >= 0.6 is 0 Å². The van der Waals surface area contributed by atoms with Crippen LogP contribution in [0.1, 0.15) is 0 Å². The van der Waals surface area contributed by atoms with E-state index in [-0.39, 0.29) is 11.8 Å². The molecule has 0 saturated carbocycles. The summed E-state index contributed by atoms with van der Waals surface area (Å²) in [5.41, 5.74) is 0.485. The molecule has 0 aliphatic carbocycles. The summed E-state index contributed by atoms with van der Waals surface area (Å²) >= 11 is -4.14. The van der Waals surface area contributed by atoms with Crippen molar-refractivity contribution in [1.82, 2.24) is 5.32 Å². The summed E-state index contributed by atoms with van der Waals surface area (Å²) in [5.74, 6) is -0.356. The number of halogens is 1. The molecule has 0 aromatic heterocycles. The Kier molecular flexibility index (Phi) is 6.83. The Morgan fingerprint density at radius 2 is 1.16 bits per heavy atom. The minimum atomic E-state index is -4.14. The predicted octanol–water partition coefficient (Wildman–Crippen LogP) is 3.57. The van der Waals surface area contributed by atoms with Crippen LogP contribution in [-0.2, 0) is 3.07 Å². The first-order valence-corrected chi connectivity index (χ1v) is 15.5. The standard InChI is InChI=1S/C8H6FN3O.3C6H5.Sn/c9-6-1-3-7(4-2-6)12-8(13)11-5-10;3*1-2-4-6-5-3-1;/h1-4H,(H2,11,12,13);3*1-5H;/q;;;;+1/p-1. The zero-order valence-corrected chi connectivity index (χ0v) is 20.0. The third-order valence-electron chi connectivity index (χ3n) is 5.01. The summed E-state index contributed by atoms with van der Waals surface area (Å²) < 4.78 is 23.4. The fourth-order valence-corrected chi connectivity index (χ4v) is 14.2. The summed E-state index contributed by atoms with van der Waals surface area (Å²) in [6.45, 7) is 0. The molecule has 0 bridgehead atoms. The van der Waals surface area contributed by atoms with Gasteiger partial charge in [0.2, 0.25) is 0 Å². The number of rotatable bonds is 5. The van der Waals surface area contributed by atoms with Gasteiger partial charge in [-0.2, -0.15) is 0 Å². The molecule has 0 saturated heterocycles. The van der Waals surface area contributed by atoms with Gasteiger partial charge < -0.3 is 0 Å². The van der Waals surface area contributed by atoms with Crippen LogP contribution < -0.4 is 16.1 Å². The summed E-state index contributed by atoms with van der Waals surface area (Å²) in [7, 11) is 0. The molecule has 0 unspecified atom stereocenters. The molecule has 32 heavy (non-hydrogen) atoms. The Balaban J connectivity index is 1.94. The van der Waals surface area contributed by atoms with E-state index < -0.39 is 18.8 Å². The van der Waals surface area contributed by atoms with Gasteiger partial charge in [-0.1, -0.05) is 0 Å². The Morgan fingerprint density at radius 1 is 0.719 bits per heavy atom. The van der Waals surface area contributed by atoms with Crippen LogP contribution in [-0.4, -0.2) is 24.8 Å². The van der Waals surface area contributed by atoms with Gasteiger partial charge in [0.25, 0.3) is 0 Å². The first kappa shape index (κ1) is 21.6. The van der Waals surface area contributed by atoms with E-state index in [0.29, 0.717) is 5.69 Å². The maximum absolute atomic E-state index is 13.4. The zero-order chi connectivity index (χ0) is 22.2. The van der Waals surface area contributed by atoms with Crippen molar-refractivity contribution < 1.29 is 7.46 Å². The van der Waals surface area contributed by atoms with Gasteiger partial charge in [0.05, 0.1) is 0 Å². The van der Waals surface area contributed by atoms with Gasteiger partial charge in [-0.15, -0.1) is 0 Å². The molecule has 0 aliphatic rings. The van der Waals surface area contributed by atoms with E-state index in [1.807, 2.05) is 60.8 Å². The SMILES string of the molecule is N#CNC(=Nc1ccc(F)cc1)[O][Sn]([c]1ccccc1)([c]1ccccc1)[c]1ccccc1. The van der Waals surface area contributed by atoms with Crippen LogP contribution in [0.5, 0.6) is 0 Å². The molecular formula is C26H20FN3OSn. The second kappa shape index (κ2) is 10.1. The number of nitriles is 1. The molecule has 0 spiro atoms. The Bertz CT molecular complexity index is 1130. The van der Waals surface area contributed by atoms with Crippen LogP contribution in [0.15, 0.2) is 120 Å². The zero-order valence-electron chi connectivity index (χ0n) is 17.2. The van der Waals surface area contributed by atoms with Crippen LogP contribution in [0.2, 0.25) is 0 Å². The molecule has 0 amide bonds. The average Bonchev–Trinajstić information content (AvgIpc) is 2.85. The van der Waals surface area contributed by atoms with E-state index in [1.54, 1.807) is 12.1 Å². The van der Waals surface area contributed by atoms with Crippen molar-refractivity contribution >= 4 is 41.2 Å². The van der Waals surface area contributed by atoms with Crippen LogP contribution in [0, 0.1) is 17.3 Å². The Hall–Kier alpha value is -3.63. The molecule has 4 aromatic carbocycles. The van der Waals surface area contributed by atoms with E-state index in [1.165, 1.54) is 12.1 Å². The number of hydrogen-bond acceptors (Lipinski definition) is 3. The van der Waals surface area contributed by atoms with Crippen molar-refractivity contribution in [3.63, 3.8) is 0 Å². The van der Waals surface area contributed by atoms with Gasteiger partial charge in [-0.25, -0.2) is 0 Å². The first-order valence-electron chi connectivity index (χ1n) is 10.1. The maximum atomic E-state index is 13.4. The van der Waals surface area contributed by atoms with E-state index in [2.05, 4.69) is 46.7 Å². The first-order chi connectivity index (χ1) is 15.7. The van der Waals surface area contributed by atoms with E-state index in [4.69, 9.17) is 3.07 Å². The number of nitrogens with one attached hydrogen (secondary N) is 1. The molecule has 0 radical (unpaired) electrons. The van der Waals surface area contributed by atoms with E-state index in [9.17, 15) is 9.65 Å². The number of aliphatic imine (C=N–C) groups is 1. The molecule has 0 aliphatic heterocycles. The van der Waals surface area contributed by atoms with Gasteiger partial charge in [-0.3, -0.25) is 0 Å². The summed E-state index contributed by atoms with van der Waals surface area (Å²) in [6, 6.07) is 36.1. The number of amidine groups is 1. The molecular weight excluding hydrogens is 508 g/mol. The van der Waals surface area contributed by atoms with Gasteiger partial charge in [0, 0.05) is 0 Å². The average molecular weight is 528 g/mol. The second-order valence-electron chi connectivity index (χ2n) is 7.01. The molecule has 6 heteroatoms. The van der Waals surface area contributed by atoms with Gasteiger partial charge >= 0.3 is 192 Å². The van der Waals surface area contributed by atoms with Crippen molar-refractivity contribution in [2.75, 3.05) is 0 Å². The van der Waals surface area contributed by atoms with Crippen LogP contribution in [0.25, 0.3) is 0 Å². The topological polar surface area (TPSA) is 57.4 Å². The van der Waals surface area contributed by atoms with Gasteiger partial charge in [-0.05, 0) is 0 Å². The van der Waals surface area contributed by atoms with Crippen LogP contribution in [0.3, 0.4) is 0 Å². The Morgan fingerprint density at radius 3 is 1.56 bits per heavy atom. The van der Waals surface area contributed by atoms with Crippen molar-refractivity contribution in [1.29, 1.82) is 5.26 Å². The fraction of sp³-hybridized carbons (Fsp3) is 0. The van der Waals surface area contributed by atoms with Crippen molar-refractivity contribution in [2.45, 2.75) is 0 Å². The molecule has 0 fully saturated rings. The third kappa shape index (κ3) is 4.66. The second-order valence-corrected chi connectivity index (χ2v) is 16.4. The fourth-order valence-electron chi connectivity index (χ4n) is 3.60. The third-order valence-corrected chi connectivity index (χ3v) is 16.3. The van der Waals surface area contributed by atoms with Crippen molar-refractivity contribution in [3.05, 3.63) is 121 Å². The van der Waals surface area contributed by atoms with Crippen LogP contribution in [0.4, 0.5) is 10.1 Å². The quantitative estimate of drug-likeness (QED) is 0.142. The molecule has 0 heterocycles. The summed E-state index contributed by atoms with van der Waals surface area (Å²) in [4.78, 5) is 4.50. The normalized spacial score (nSPS) is 11.4. The number of hydrogen-bond donors (Lipinski definition) is 1. The summed E-state index contributed by atoms with van der Waals surface area (Å²) in [5, 5.41) is 12.0. The number of benzene rings is 4.